The lowest BCUT2D eigenvalue weighted by atomic mass is 9.71. The zero-order valence-corrected chi connectivity index (χ0v) is 17.0. The van der Waals surface area contributed by atoms with Crippen molar-refractivity contribution in [2.75, 3.05) is 6.16 Å². The van der Waals surface area contributed by atoms with Crippen LogP contribution in [0, 0.1) is 0 Å². The molecular weight excluding hydrogens is 420 g/mol. The van der Waals surface area contributed by atoms with Crippen molar-refractivity contribution in [2.45, 2.75) is 10.9 Å². The van der Waals surface area contributed by atoms with Crippen molar-refractivity contribution in [1.29, 1.82) is 0 Å². The van der Waals surface area contributed by atoms with Crippen LogP contribution < -0.4 is 0 Å². The third kappa shape index (κ3) is 4.53. The largest absolute Gasteiger partial charge is 0.523 e. The summed E-state index contributed by atoms with van der Waals surface area (Å²) in [5.41, 5.74) is -3.83. The minimum absolute atomic E-state index is 0.0281. The van der Waals surface area contributed by atoms with Crippen LogP contribution in [-0.2, 0) is 19.5 Å². The van der Waals surface area contributed by atoms with Crippen molar-refractivity contribution in [3.63, 3.8) is 0 Å². The van der Waals surface area contributed by atoms with Crippen LogP contribution in [0.3, 0.4) is 0 Å². The Morgan fingerprint density at radius 3 is 1.34 bits per heavy atom. The molecule has 0 spiro atoms. The molecule has 0 aliphatic heterocycles. The molecule has 3 nitrogen and oxygen atoms in total. The first-order valence-corrected chi connectivity index (χ1v) is 11.2. The molecule has 3 aromatic carbocycles. The second kappa shape index (κ2) is 8.66. The van der Waals surface area contributed by atoms with Crippen molar-refractivity contribution >= 4 is 18.9 Å². The first-order valence-electron chi connectivity index (χ1n) is 8.66. The molecule has 0 saturated carbocycles. The lowest BCUT2D eigenvalue weighted by Crippen LogP contribution is -2.32. The van der Waals surface area contributed by atoms with Crippen molar-refractivity contribution in [3.8, 4) is 0 Å². The highest BCUT2D eigenvalue weighted by atomic mass is 32.2. The smallest absolute Gasteiger partial charge is 0.244 e. The maximum atomic E-state index is 12.7. The van der Waals surface area contributed by atoms with E-state index in [1.807, 2.05) is 91.0 Å². The maximum absolute atomic E-state index is 12.7. The van der Waals surface area contributed by atoms with Crippen LogP contribution in [0.4, 0.5) is 13.2 Å². The van der Waals surface area contributed by atoms with Gasteiger partial charge in [-0.15, -0.1) is 0 Å². The molecule has 3 aromatic rings. The van der Waals surface area contributed by atoms with Gasteiger partial charge in [-0.2, -0.15) is 21.6 Å². The van der Waals surface area contributed by atoms with E-state index in [4.69, 9.17) is 0 Å². The zero-order chi connectivity index (χ0) is 21.0. The van der Waals surface area contributed by atoms with Gasteiger partial charge in [0.25, 0.3) is 0 Å². The molecule has 0 fully saturated rings. The molecule has 0 amide bonds. The standard InChI is InChI=1S/C21H18F3O3PS/c22-21(23,24)29(25,26)27-28-16-20(17-10-4-1-5-11-17,18-12-6-2-7-13-18)19-14-8-3-9-15-19/h1-15,28H,16H2. The molecule has 0 saturated heterocycles. The first-order chi connectivity index (χ1) is 13.8. The summed E-state index contributed by atoms with van der Waals surface area (Å²) in [6, 6.07) is 27.8. The summed E-state index contributed by atoms with van der Waals surface area (Å²) in [4.78, 5) is 0. The number of rotatable bonds is 7. The van der Waals surface area contributed by atoms with Crippen LogP contribution in [0.1, 0.15) is 16.7 Å². The summed E-state index contributed by atoms with van der Waals surface area (Å²) in [6.45, 7) is 0. The van der Waals surface area contributed by atoms with Crippen LogP contribution in [0.5, 0.6) is 0 Å². The van der Waals surface area contributed by atoms with Gasteiger partial charge in [0.15, 0.2) is 0 Å². The zero-order valence-electron chi connectivity index (χ0n) is 15.1. The average molecular weight is 438 g/mol. The van der Waals surface area contributed by atoms with Gasteiger partial charge in [-0.1, -0.05) is 91.0 Å². The third-order valence-electron chi connectivity index (χ3n) is 4.59. The SMILES string of the molecule is O=S(=O)(OPCC(c1ccccc1)(c1ccccc1)c1ccccc1)C(F)(F)F. The second-order valence-corrected chi connectivity index (χ2v) is 8.99. The van der Waals surface area contributed by atoms with Crippen molar-refractivity contribution in [3.05, 3.63) is 108 Å². The van der Waals surface area contributed by atoms with E-state index < -0.39 is 29.8 Å². The van der Waals surface area contributed by atoms with Crippen molar-refractivity contribution < 1.29 is 25.6 Å². The third-order valence-corrected chi connectivity index (χ3v) is 7.18. The average Bonchev–Trinajstić information content (AvgIpc) is 2.72. The van der Waals surface area contributed by atoms with Crippen LogP contribution in [-0.4, -0.2) is 20.1 Å². The van der Waals surface area contributed by atoms with Gasteiger partial charge in [-0.05, 0) is 16.7 Å². The van der Waals surface area contributed by atoms with E-state index in [9.17, 15) is 21.6 Å². The van der Waals surface area contributed by atoms with Crippen LogP contribution in [0.25, 0.3) is 0 Å². The summed E-state index contributed by atoms with van der Waals surface area (Å²) in [5.74, 6) is 0. The molecule has 0 aliphatic rings. The minimum Gasteiger partial charge on any atom is -0.244 e. The van der Waals surface area contributed by atoms with Crippen molar-refractivity contribution in [1.82, 2.24) is 0 Å². The maximum Gasteiger partial charge on any atom is 0.523 e. The van der Waals surface area contributed by atoms with Gasteiger partial charge in [-0.3, -0.25) is 0 Å². The molecule has 152 valence electrons. The summed E-state index contributed by atoms with van der Waals surface area (Å²) < 4.78 is 65.3. The number of hydrogen-bond donors (Lipinski definition) is 0. The van der Waals surface area contributed by atoms with Crippen molar-refractivity contribution in [2.24, 2.45) is 0 Å². The molecule has 0 bridgehead atoms. The fourth-order valence-electron chi connectivity index (χ4n) is 3.24. The van der Waals surface area contributed by atoms with E-state index >= 15 is 0 Å². The van der Waals surface area contributed by atoms with E-state index in [0.29, 0.717) is 0 Å². The fraction of sp³-hybridized carbons (Fsp3) is 0.143. The number of halogens is 3. The van der Waals surface area contributed by atoms with Crippen LogP contribution in [0.2, 0.25) is 0 Å². The van der Waals surface area contributed by atoms with Gasteiger partial charge in [0.1, 0.15) is 0 Å². The Kier molecular flexibility index (Phi) is 6.42. The lowest BCUT2D eigenvalue weighted by Gasteiger charge is -2.35. The normalized spacial score (nSPS) is 13.1. The Labute approximate surface area is 169 Å². The summed E-state index contributed by atoms with van der Waals surface area (Å²) >= 11 is 0. The topological polar surface area (TPSA) is 43.4 Å². The molecule has 3 rings (SSSR count). The molecule has 0 aromatic heterocycles. The molecule has 1 atom stereocenters. The Balaban J connectivity index is 2.11. The van der Waals surface area contributed by atoms with Crippen LogP contribution >= 0.6 is 8.81 Å². The number of benzene rings is 3. The lowest BCUT2D eigenvalue weighted by molar-refractivity contribution is -0.0495. The Morgan fingerprint density at radius 1 is 0.690 bits per heavy atom. The predicted octanol–water partition coefficient (Wildman–Crippen LogP) is 5.48. The molecule has 0 heterocycles. The van der Waals surface area contributed by atoms with Crippen LogP contribution in [0.15, 0.2) is 91.0 Å². The summed E-state index contributed by atoms with van der Waals surface area (Å²) in [6.07, 6.45) is 0.0281. The molecular formula is C21H18F3O3PS. The molecule has 29 heavy (non-hydrogen) atoms. The van der Waals surface area contributed by atoms with Gasteiger partial charge >= 0.3 is 15.6 Å². The summed E-state index contributed by atoms with van der Waals surface area (Å²) in [5, 5.41) is 0. The monoisotopic (exact) mass is 438 g/mol. The highest BCUT2D eigenvalue weighted by Crippen LogP contribution is 2.44. The Morgan fingerprint density at radius 2 is 1.03 bits per heavy atom. The number of alkyl halides is 3. The number of hydrogen-bond acceptors (Lipinski definition) is 3. The van der Waals surface area contributed by atoms with Gasteiger partial charge in [0.2, 0.25) is 0 Å². The summed E-state index contributed by atoms with van der Waals surface area (Å²) in [7, 11) is -6.58. The quantitative estimate of drug-likeness (QED) is 0.279. The van der Waals surface area contributed by atoms with E-state index in [-0.39, 0.29) is 6.16 Å². The predicted molar refractivity (Wildman–Crippen MR) is 108 cm³/mol. The van der Waals surface area contributed by atoms with Gasteiger partial charge < -0.3 is 0 Å². The highest BCUT2D eigenvalue weighted by molar-refractivity contribution is 7.90. The molecule has 0 radical (unpaired) electrons. The fourth-order valence-corrected chi connectivity index (χ4v) is 5.30. The molecule has 1 unspecified atom stereocenters. The van der Waals surface area contributed by atoms with Gasteiger partial charge in [0, 0.05) is 15.0 Å². The molecule has 0 N–H and O–H groups in total. The van der Waals surface area contributed by atoms with E-state index in [0.717, 1.165) is 16.7 Å². The molecule has 0 aliphatic carbocycles. The minimum atomic E-state index is -5.65. The molecule has 8 heteroatoms. The second-order valence-electron chi connectivity index (χ2n) is 6.31. The van der Waals surface area contributed by atoms with Gasteiger partial charge in [0.05, 0.1) is 5.41 Å². The van der Waals surface area contributed by atoms with E-state index in [1.165, 1.54) is 0 Å². The van der Waals surface area contributed by atoms with E-state index in [2.05, 4.69) is 3.97 Å². The highest BCUT2D eigenvalue weighted by Gasteiger charge is 2.48. The Bertz CT molecular complexity index is 928. The Hall–Kier alpha value is -2.21. The first kappa shape index (κ1) is 21.5. The van der Waals surface area contributed by atoms with E-state index in [1.54, 1.807) is 0 Å². The van der Waals surface area contributed by atoms with Gasteiger partial charge in [-0.25, -0.2) is 3.97 Å².